The summed E-state index contributed by atoms with van der Waals surface area (Å²) in [6.07, 6.45) is 0.937. The van der Waals surface area contributed by atoms with Crippen molar-refractivity contribution in [1.29, 1.82) is 0 Å². The Morgan fingerprint density at radius 2 is 1.70 bits per heavy atom. The summed E-state index contributed by atoms with van der Waals surface area (Å²) in [7, 11) is 3.09. The number of carbonyl (C=O) groups excluding carboxylic acids is 3. The van der Waals surface area contributed by atoms with Crippen LogP contribution in [0.2, 0.25) is 0 Å². The summed E-state index contributed by atoms with van der Waals surface area (Å²) in [4.78, 5) is 48.2. The average molecular weight is 445 g/mol. The third kappa shape index (κ3) is 3.76. The van der Waals surface area contributed by atoms with Crippen molar-refractivity contribution >= 4 is 29.4 Å². The Kier molecular flexibility index (Phi) is 5.38. The SMILES string of the molecule is CN1C(=O)C2C(=NC(CN3CCc4ccccc4C3)=[N+]2CC(=O)c2ccccc2)N(C)C1=O. The van der Waals surface area contributed by atoms with Gasteiger partial charge in [0.1, 0.15) is 13.1 Å². The van der Waals surface area contributed by atoms with E-state index in [0.29, 0.717) is 23.8 Å². The molecule has 2 aromatic rings. The Labute approximate surface area is 192 Å². The minimum absolute atomic E-state index is 0.0169. The van der Waals surface area contributed by atoms with E-state index in [1.165, 1.54) is 23.1 Å². The molecule has 3 aliphatic rings. The van der Waals surface area contributed by atoms with Crippen LogP contribution in [0.1, 0.15) is 21.5 Å². The summed E-state index contributed by atoms with van der Waals surface area (Å²) in [5.41, 5.74) is 3.21. The maximum Gasteiger partial charge on any atom is 0.333 e. The Morgan fingerprint density at radius 3 is 2.45 bits per heavy atom. The molecule has 0 bridgehead atoms. The van der Waals surface area contributed by atoms with Crippen LogP contribution in [0.4, 0.5) is 4.79 Å². The lowest BCUT2D eigenvalue weighted by Crippen LogP contribution is -2.62. The second-order valence-electron chi connectivity index (χ2n) is 8.67. The number of Topliss-reactive ketones (excluding diaryl/α,β-unsaturated/α-hetero) is 1. The number of imide groups is 1. The molecule has 8 nitrogen and oxygen atoms in total. The molecule has 0 N–H and O–H groups in total. The molecule has 1 saturated heterocycles. The molecule has 0 aromatic heterocycles. The number of carbonyl (C=O) groups is 3. The van der Waals surface area contributed by atoms with E-state index in [-0.39, 0.29) is 18.2 Å². The highest BCUT2D eigenvalue weighted by molar-refractivity contribution is 6.23. The second kappa shape index (κ2) is 8.37. The Morgan fingerprint density at radius 1 is 1.00 bits per heavy atom. The van der Waals surface area contributed by atoms with Gasteiger partial charge in [0, 0.05) is 32.7 Å². The number of benzene rings is 2. The average Bonchev–Trinajstić information content (AvgIpc) is 3.19. The molecular formula is C25H26N5O3+. The number of likely N-dealkylation sites (N-methyl/N-ethyl adjacent to an activating group) is 2. The van der Waals surface area contributed by atoms with Gasteiger partial charge in [0.15, 0.2) is 0 Å². The van der Waals surface area contributed by atoms with Crippen LogP contribution in [-0.4, -0.2) is 88.4 Å². The Balaban J connectivity index is 1.48. The van der Waals surface area contributed by atoms with Gasteiger partial charge in [-0.05, 0) is 22.5 Å². The molecule has 0 aliphatic carbocycles. The largest absolute Gasteiger partial charge is 0.333 e. The summed E-state index contributed by atoms with van der Waals surface area (Å²) in [6, 6.07) is 16.2. The topological polar surface area (TPSA) is 76.3 Å². The maximum absolute atomic E-state index is 13.1. The van der Waals surface area contributed by atoms with Gasteiger partial charge in [0.2, 0.25) is 5.78 Å². The molecule has 3 aliphatic heterocycles. The molecule has 1 unspecified atom stereocenters. The fourth-order valence-electron chi connectivity index (χ4n) is 4.72. The van der Waals surface area contributed by atoms with Gasteiger partial charge in [-0.3, -0.25) is 24.3 Å². The molecule has 1 atom stereocenters. The zero-order valence-corrected chi connectivity index (χ0v) is 18.8. The van der Waals surface area contributed by atoms with Crippen LogP contribution in [0.25, 0.3) is 0 Å². The number of ketones is 1. The van der Waals surface area contributed by atoms with E-state index >= 15 is 0 Å². The molecule has 0 radical (unpaired) electrons. The minimum Gasteiger partial charge on any atom is -0.290 e. The summed E-state index contributed by atoms with van der Waals surface area (Å²) in [5.74, 6) is 0.568. The van der Waals surface area contributed by atoms with Crippen molar-refractivity contribution in [1.82, 2.24) is 14.7 Å². The first-order valence-electron chi connectivity index (χ1n) is 11.1. The molecule has 8 heteroatoms. The minimum atomic E-state index is -0.780. The first-order chi connectivity index (χ1) is 15.9. The molecule has 2 aromatic carbocycles. The predicted octanol–water partition coefficient (Wildman–Crippen LogP) is 1.64. The molecule has 0 spiro atoms. The molecule has 1 fully saturated rings. The van der Waals surface area contributed by atoms with Crippen LogP contribution in [0.5, 0.6) is 0 Å². The molecular weight excluding hydrogens is 418 g/mol. The first-order valence-corrected chi connectivity index (χ1v) is 11.1. The van der Waals surface area contributed by atoms with Crippen LogP contribution in [0.3, 0.4) is 0 Å². The van der Waals surface area contributed by atoms with Crippen molar-refractivity contribution < 1.29 is 19.0 Å². The van der Waals surface area contributed by atoms with Crippen LogP contribution < -0.4 is 0 Å². The number of amides is 3. The highest BCUT2D eigenvalue weighted by Crippen LogP contribution is 2.22. The second-order valence-corrected chi connectivity index (χ2v) is 8.67. The molecule has 0 saturated carbocycles. The summed E-state index contributed by atoms with van der Waals surface area (Å²) in [5, 5.41) is 0. The number of nitrogens with zero attached hydrogens (tertiary/aromatic N) is 5. The van der Waals surface area contributed by atoms with E-state index in [4.69, 9.17) is 4.99 Å². The summed E-state index contributed by atoms with van der Waals surface area (Å²) in [6.45, 7) is 2.15. The van der Waals surface area contributed by atoms with E-state index in [1.54, 1.807) is 23.8 Å². The quantitative estimate of drug-likeness (QED) is 0.519. The zero-order valence-electron chi connectivity index (χ0n) is 18.8. The first kappa shape index (κ1) is 21.2. The zero-order chi connectivity index (χ0) is 23.1. The highest BCUT2D eigenvalue weighted by atomic mass is 16.2. The van der Waals surface area contributed by atoms with Crippen molar-refractivity contribution in [3.05, 3.63) is 71.3 Å². The number of urea groups is 1. The van der Waals surface area contributed by atoms with Gasteiger partial charge in [-0.1, -0.05) is 54.6 Å². The van der Waals surface area contributed by atoms with Gasteiger partial charge in [0.25, 0.3) is 17.8 Å². The van der Waals surface area contributed by atoms with Crippen molar-refractivity contribution in [2.75, 3.05) is 33.7 Å². The number of rotatable bonds is 5. The Hall–Kier alpha value is -3.65. The monoisotopic (exact) mass is 444 g/mol. The van der Waals surface area contributed by atoms with Gasteiger partial charge >= 0.3 is 11.9 Å². The lowest BCUT2D eigenvalue weighted by atomic mass is 10.00. The lowest BCUT2D eigenvalue weighted by Gasteiger charge is -2.30. The van der Waals surface area contributed by atoms with Gasteiger partial charge in [0.05, 0.1) is 0 Å². The van der Waals surface area contributed by atoms with Crippen molar-refractivity contribution in [2.24, 2.45) is 4.99 Å². The summed E-state index contributed by atoms with van der Waals surface area (Å²) >= 11 is 0. The van der Waals surface area contributed by atoms with Crippen LogP contribution >= 0.6 is 0 Å². The summed E-state index contributed by atoms with van der Waals surface area (Å²) < 4.78 is 1.77. The van der Waals surface area contributed by atoms with Crippen molar-refractivity contribution in [3.8, 4) is 0 Å². The molecule has 33 heavy (non-hydrogen) atoms. The van der Waals surface area contributed by atoms with Crippen molar-refractivity contribution in [3.63, 3.8) is 0 Å². The van der Waals surface area contributed by atoms with Crippen LogP contribution in [0, 0.1) is 0 Å². The number of fused-ring (bicyclic) bond motifs is 2. The molecule has 3 heterocycles. The van der Waals surface area contributed by atoms with Gasteiger partial charge in [-0.2, -0.15) is 0 Å². The molecule has 168 valence electrons. The third-order valence-corrected chi connectivity index (χ3v) is 6.60. The normalized spacial score (nSPS) is 20.7. The van der Waals surface area contributed by atoms with Gasteiger partial charge in [-0.25, -0.2) is 9.37 Å². The number of hydrogen-bond acceptors (Lipinski definition) is 5. The van der Waals surface area contributed by atoms with E-state index < -0.39 is 12.1 Å². The van der Waals surface area contributed by atoms with Crippen LogP contribution in [-0.2, 0) is 17.8 Å². The van der Waals surface area contributed by atoms with E-state index in [2.05, 4.69) is 23.1 Å². The Bertz CT molecular complexity index is 1200. The van der Waals surface area contributed by atoms with Crippen LogP contribution in [0.15, 0.2) is 59.6 Å². The lowest BCUT2D eigenvalue weighted by molar-refractivity contribution is -0.523. The van der Waals surface area contributed by atoms with E-state index in [0.717, 1.165) is 24.4 Å². The smallest absolute Gasteiger partial charge is 0.290 e. The van der Waals surface area contributed by atoms with Crippen molar-refractivity contribution in [2.45, 2.75) is 19.0 Å². The fraction of sp³-hybridized carbons (Fsp3) is 0.320. The van der Waals surface area contributed by atoms with E-state index in [1.807, 2.05) is 24.3 Å². The highest BCUT2D eigenvalue weighted by Gasteiger charge is 2.53. The number of aliphatic imine (C=N–C) groups is 1. The van der Waals surface area contributed by atoms with Gasteiger partial charge in [-0.15, -0.1) is 0 Å². The number of amidine groups is 2. The fourth-order valence-corrected chi connectivity index (χ4v) is 4.72. The standard InChI is InChI=1S/C25H26N5O3/c1-27-23-22(24(32)28(2)25(27)33)30(15-20(31)18-9-4-3-5-10-18)21(26-23)16-29-13-12-17-8-6-7-11-19(17)14-29/h3-11,22H,12-16H2,1-2H3/q+1. The molecule has 3 amide bonds. The number of hydrogen-bond donors (Lipinski definition) is 0. The molecule has 5 rings (SSSR count). The van der Waals surface area contributed by atoms with Gasteiger partial charge < -0.3 is 0 Å². The maximum atomic E-state index is 13.1. The van der Waals surface area contributed by atoms with E-state index in [9.17, 15) is 14.4 Å². The predicted molar refractivity (Wildman–Crippen MR) is 123 cm³/mol. The third-order valence-electron chi connectivity index (χ3n) is 6.60.